The van der Waals surface area contributed by atoms with Gasteiger partial charge < -0.3 is 10.0 Å². The highest BCUT2D eigenvalue weighted by atomic mass is 31.0. The maximum absolute atomic E-state index is 8.99. The zero-order valence-corrected chi connectivity index (χ0v) is 8.67. The van der Waals surface area contributed by atoms with Crippen molar-refractivity contribution in [1.29, 1.82) is 0 Å². The Morgan fingerprint density at radius 2 is 1.57 bits per heavy atom. The van der Waals surface area contributed by atoms with Crippen molar-refractivity contribution in [3.8, 4) is 0 Å². The van der Waals surface area contributed by atoms with Crippen LogP contribution in [0.15, 0.2) is 36.4 Å². The average Bonchev–Trinajstić information content (AvgIpc) is 2.16. The smallest absolute Gasteiger partial charge is 0.423 e. The Balaban J connectivity index is 2.62. The Hall–Kier alpha value is -0.885. The summed E-state index contributed by atoms with van der Waals surface area (Å²) in [4.78, 5) is 0. The molecule has 0 aromatic heterocycles. The van der Waals surface area contributed by atoms with E-state index in [-0.39, 0.29) is 0 Å². The molecule has 4 heteroatoms. The van der Waals surface area contributed by atoms with Gasteiger partial charge >= 0.3 is 7.12 Å². The minimum atomic E-state index is -1.39. The lowest BCUT2D eigenvalue weighted by Crippen LogP contribution is -2.29. The quantitative estimate of drug-likeness (QED) is 0.507. The topological polar surface area (TPSA) is 40.5 Å². The van der Waals surface area contributed by atoms with Crippen LogP contribution >= 0.6 is 9.24 Å². The molecule has 0 aliphatic heterocycles. The molecule has 1 atom stereocenters. The Morgan fingerprint density at radius 1 is 0.929 bits per heavy atom. The molecule has 0 aliphatic carbocycles. The standard InChI is InChI=1S/C10H10BO2P/c12-11(13)9-3-1-8-6-10(14)4-2-7(8)5-9/h1-6,12-13H,14H2. The molecule has 14 heavy (non-hydrogen) atoms. The fourth-order valence-electron chi connectivity index (χ4n) is 1.44. The van der Waals surface area contributed by atoms with Gasteiger partial charge in [-0.05, 0) is 27.6 Å². The van der Waals surface area contributed by atoms with Gasteiger partial charge in [0, 0.05) is 0 Å². The molecule has 2 aromatic rings. The molecule has 0 heterocycles. The molecule has 0 saturated heterocycles. The summed E-state index contributed by atoms with van der Waals surface area (Å²) in [7, 11) is 1.24. The van der Waals surface area contributed by atoms with Gasteiger partial charge in [0.15, 0.2) is 0 Å². The van der Waals surface area contributed by atoms with E-state index in [1.54, 1.807) is 12.1 Å². The molecule has 0 spiro atoms. The van der Waals surface area contributed by atoms with Crippen LogP contribution in [0.5, 0.6) is 0 Å². The molecule has 0 radical (unpaired) electrons. The van der Waals surface area contributed by atoms with Crippen molar-refractivity contribution in [2.75, 3.05) is 0 Å². The van der Waals surface area contributed by atoms with Crippen LogP contribution in [0.1, 0.15) is 0 Å². The van der Waals surface area contributed by atoms with Crippen LogP contribution in [0, 0.1) is 0 Å². The average molecular weight is 204 g/mol. The molecule has 1 unspecified atom stereocenters. The predicted octanol–water partition coefficient (Wildman–Crippen LogP) is 0.0200. The zero-order chi connectivity index (χ0) is 10.1. The first kappa shape index (κ1) is 9.66. The van der Waals surface area contributed by atoms with E-state index in [0.717, 1.165) is 16.1 Å². The zero-order valence-electron chi connectivity index (χ0n) is 7.51. The SMILES string of the molecule is OB(O)c1ccc2cc(P)ccc2c1. The second-order valence-electron chi connectivity index (χ2n) is 3.24. The number of rotatable bonds is 1. The van der Waals surface area contributed by atoms with Gasteiger partial charge in [0.25, 0.3) is 0 Å². The van der Waals surface area contributed by atoms with Crippen molar-refractivity contribution in [2.45, 2.75) is 0 Å². The summed E-state index contributed by atoms with van der Waals surface area (Å²) in [6.07, 6.45) is 0. The van der Waals surface area contributed by atoms with Crippen LogP contribution in [0.4, 0.5) is 0 Å². The first-order valence-electron chi connectivity index (χ1n) is 4.32. The molecule has 0 aliphatic rings. The second kappa shape index (κ2) is 3.70. The molecule has 0 amide bonds. The van der Waals surface area contributed by atoms with Gasteiger partial charge in [-0.2, -0.15) is 0 Å². The van der Waals surface area contributed by atoms with E-state index in [1.807, 2.05) is 24.3 Å². The van der Waals surface area contributed by atoms with Crippen LogP contribution in [-0.4, -0.2) is 17.2 Å². The Bertz CT molecular complexity index is 471. The fraction of sp³-hybridized carbons (Fsp3) is 0. The maximum atomic E-state index is 8.99. The summed E-state index contributed by atoms with van der Waals surface area (Å²) >= 11 is 0. The van der Waals surface area contributed by atoms with E-state index < -0.39 is 7.12 Å². The van der Waals surface area contributed by atoms with Gasteiger partial charge in [0.1, 0.15) is 0 Å². The highest BCUT2D eigenvalue weighted by Crippen LogP contribution is 2.11. The first-order chi connectivity index (χ1) is 6.66. The van der Waals surface area contributed by atoms with Crippen LogP contribution in [0.2, 0.25) is 0 Å². The predicted molar refractivity (Wildman–Crippen MR) is 63.1 cm³/mol. The normalized spacial score (nSPS) is 10.5. The molecule has 70 valence electrons. The lowest BCUT2D eigenvalue weighted by molar-refractivity contribution is 0.426. The van der Waals surface area contributed by atoms with Gasteiger partial charge in [0.05, 0.1) is 0 Å². The van der Waals surface area contributed by atoms with E-state index >= 15 is 0 Å². The van der Waals surface area contributed by atoms with Crippen molar-refractivity contribution in [3.63, 3.8) is 0 Å². The van der Waals surface area contributed by atoms with Gasteiger partial charge in [-0.3, -0.25) is 0 Å². The summed E-state index contributed by atoms with van der Waals surface area (Å²) in [5.41, 5.74) is 0.522. The van der Waals surface area contributed by atoms with Gasteiger partial charge in [-0.15, -0.1) is 9.24 Å². The lowest BCUT2D eigenvalue weighted by atomic mass is 9.79. The molecular formula is C10H10BO2P. The number of hydrogen-bond acceptors (Lipinski definition) is 2. The first-order valence-corrected chi connectivity index (χ1v) is 4.90. The molecule has 2 nitrogen and oxygen atoms in total. The van der Waals surface area contributed by atoms with Crippen molar-refractivity contribution < 1.29 is 10.0 Å². The lowest BCUT2D eigenvalue weighted by Gasteiger charge is -2.03. The monoisotopic (exact) mass is 204 g/mol. The van der Waals surface area contributed by atoms with E-state index in [2.05, 4.69) is 9.24 Å². The van der Waals surface area contributed by atoms with E-state index in [1.165, 1.54) is 0 Å². The van der Waals surface area contributed by atoms with Crippen LogP contribution in [0.25, 0.3) is 10.8 Å². The largest absolute Gasteiger partial charge is 0.488 e. The minimum absolute atomic E-state index is 0.522. The summed E-state index contributed by atoms with van der Waals surface area (Å²) < 4.78 is 0. The summed E-state index contributed by atoms with van der Waals surface area (Å²) in [5.74, 6) is 0. The molecule has 2 rings (SSSR count). The van der Waals surface area contributed by atoms with Crippen molar-refractivity contribution in [1.82, 2.24) is 0 Å². The Labute approximate surface area is 84.9 Å². The molecular weight excluding hydrogens is 194 g/mol. The Morgan fingerprint density at radius 3 is 2.29 bits per heavy atom. The van der Waals surface area contributed by atoms with Crippen molar-refractivity contribution in [3.05, 3.63) is 36.4 Å². The minimum Gasteiger partial charge on any atom is -0.423 e. The van der Waals surface area contributed by atoms with Crippen LogP contribution < -0.4 is 10.8 Å². The van der Waals surface area contributed by atoms with Crippen LogP contribution in [-0.2, 0) is 0 Å². The highest BCUT2D eigenvalue weighted by Gasteiger charge is 2.10. The summed E-state index contributed by atoms with van der Waals surface area (Å²) in [6.45, 7) is 0. The van der Waals surface area contributed by atoms with E-state index in [9.17, 15) is 0 Å². The van der Waals surface area contributed by atoms with Crippen molar-refractivity contribution in [2.24, 2.45) is 0 Å². The fourth-order valence-corrected chi connectivity index (χ4v) is 1.72. The van der Waals surface area contributed by atoms with Gasteiger partial charge in [0.2, 0.25) is 0 Å². The van der Waals surface area contributed by atoms with E-state index in [0.29, 0.717) is 5.46 Å². The number of hydrogen-bond donors (Lipinski definition) is 2. The molecule has 0 bridgehead atoms. The number of fused-ring (bicyclic) bond motifs is 1. The van der Waals surface area contributed by atoms with Crippen molar-refractivity contribution >= 4 is 37.9 Å². The summed E-state index contributed by atoms with van der Waals surface area (Å²) in [5, 5.41) is 21.2. The van der Waals surface area contributed by atoms with Crippen LogP contribution in [0.3, 0.4) is 0 Å². The highest BCUT2D eigenvalue weighted by molar-refractivity contribution is 7.27. The molecule has 0 saturated carbocycles. The van der Waals surface area contributed by atoms with E-state index in [4.69, 9.17) is 10.0 Å². The molecule has 0 fully saturated rings. The number of benzene rings is 2. The maximum Gasteiger partial charge on any atom is 0.488 e. The van der Waals surface area contributed by atoms with Gasteiger partial charge in [-0.1, -0.05) is 30.3 Å². The third-order valence-electron chi connectivity index (χ3n) is 2.19. The van der Waals surface area contributed by atoms with Gasteiger partial charge in [-0.25, -0.2) is 0 Å². The third kappa shape index (κ3) is 1.80. The Kier molecular flexibility index (Phi) is 2.55. The third-order valence-corrected chi connectivity index (χ3v) is 2.55. The molecule has 2 aromatic carbocycles. The summed E-state index contributed by atoms with van der Waals surface area (Å²) in [6, 6.07) is 11.4. The molecule has 2 N–H and O–H groups in total. The second-order valence-corrected chi connectivity index (χ2v) is 3.91.